The molecule has 0 bridgehead atoms. The molecule has 1 amide bonds. The van der Waals surface area contributed by atoms with Gasteiger partial charge in [0.05, 0.1) is 24.9 Å². The number of nitrogens with zero attached hydrogens (tertiary/aromatic N) is 2. The fraction of sp³-hybridized carbons (Fsp3) is 0.667. The Morgan fingerprint density at radius 2 is 2.09 bits per heavy atom. The lowest BCUT2D eigenvalue weighted by atomic mass is 9.99. The smallest absolute Gasteiger partial charge is 0.220 e. The van der Waals surface area contributed by atoms with Gasteiger partial charge in [-0.2, -0.15) is 5.10 Å². The summed E-state index contributed by atoms with van der Waals surface area (Å²) < 4.78 is 1.95. The van der Waals surface area contributed by atoms with E-state index in [0.29, 0.717) is 19.4 Å². The first kappa shape index (κ1) is 19.4. The van der Waals surface area contributed by atoms with E-state index in [4.69, 9.17) is 0 Å². The van der Waals surface area contributed by atoms with E-state index in [1.165, 1.54) is 0 Å². The Labute approximate surface area is 139 Å². The molecule has 1 heterocycles. The Balaban J connectivity index is 2.66. The fourth-order valence-corrected chi connectivity index (χ4v) is 2.68. The van der Waals surface area contributed by atoms with Crippen LogP contribution >= 0.6 is 0 Å². The van der Waals surface area contributed by atoms with Crippen LogP contribution in [0.15, 0.2) is 12.2 Å². The van der Waals surface area contributed by atoms with E-state index < -0.39 is 0 Å². The fourth-order valence-electron chi connectivity index (χ4n) is 2.68. The summed E-state index contributed by atoms with van der Waals surface area (Å²) in [6.07, 6.45) is 2.00. The van der Waals surface area contributed by atoms with Crippen molar-refractivity contribution in [2.45, 2.75) is 66.5 Å². The lowest BCUT2D eigenvalue weighted by molar-refractivity contribution is -0.122. The Kier molecular flexibility index (Phi) is 7.49. The van der Waals surface area contributed by atoms with Gasteiger partial charge in [-0.1, -0.05) is 32.4 Å². The van der Waals surface area contributed by atoms with Crippen molar-refractivity contribution in [3.05, 3.63) is 29.1 Å². The predicted octanol–water partition coefficient (Wildman–Crippen LogP) is 2.53. The highest BCUT2D eigenvalue weighted by Gasteiger charge is 2.18. The highest BCUT2D eigenvalue weighted by atomic mass is 16.3. The number of hydrogen-bond acceptors (Lipinski definition) is 3. The van der Waals surface area contributed by atoms with Gasteiger partial charge < -0.3 is 10.4 Å². The van der Waals surface area contributed by atoms with E-state index in [1.54, 1.807) is 0 Å². The Morgan fingerprint density at radius 3 is 2.61 bits per heavy atom. The Hall–Kier alpha value is -1.62. The number of aliphatic hydroxyl groups is 1. The number of hydrogen-bond donors (Lipinski definition) is 2. The van der Waals surface area contributed by atoms with Crippen molar-refractivity contribution < 1.29 is 9.90 Å². The molecule has 0 aliphatic carbocycles. The van der Waals surface area contributed by atoms with Gasteiger partial charge in [0.1, 0.15) is 0 Å². The van der Waals surface area contributed by atoms with E-state index in [1.807, 2.05) is 32.4 Å². The summed E-state index contributed by atoms with van der Waals surface area (Å²) >= 11 is 0. The predicted molar refractivity (Wildman–Crippen MR) is 93.3 cm³/mol. The quantitative estimate of drug-likeness (QED) is 0.687. The van der Waals surface area contributed by atoms with Crippen LogP contribution in [0.2, 0.25) is 0 Å². The number of aryl methyl sites for hydroxylation is 1. The normalized spacial score (nSPS) is 13.7. The molecule has 0 radical (unpaired) electrons. The van der Waals surface area contributed by atoms with E-state index in [9.17, 15) is 9.90 Å². The van der Waals surface area contributed by atoms with E-state index in [2.05, 4.69) is 23.9 Å². The summed E-state index contributed by atoms with van der Waals surface area (Å²) in [6, 6.07) is -0.166. The molecule has 2 N–H and O–H groups in total. The molecule has 1 rings (SSSR count). The first-order chi connectivity index (χ1) is 10.8. The van der Waals surface area contributed by atoms with Gasteiger partial charge in [-0.15, -0.1) is 0 Å². The summed E-state index contributed by atoms with van der Waals surface area (Å²) in [5.74, 6) is 0.251. The second-order valence-electron chi connectivity index (χ2n) is 6.51. The van der Waals surface area contributed by atoms with Gasteiger partial charge >= 0.3 is 0 Å². The SMILES string of the molecule is C=C(C)Cn1nc(C)c(CCC(=O)N[C@@H](CO)[C@H](C)CC)c1C. The highest BCUT2D eigenvalue weighted by molar-refractivity contribution is 5.76. The molecule has 5 nitrogen and oxygen atoms in total. The van der Waals surface area contributed by atoms with Crippen LogP contribution in [0.1, 0.15) is 50.6 Å². The molecule has 1 aromatic heterocycles. The Morgan fingerprint density at radius 1 is 1.43 bits per heavy atom. The third-order valence-corrected chi connectivity index (χ3v) is 4.43. The van der Waals surface area contributed by atoms with Gasteiger partial charge in [0.25, 0.3) is 0 Å². The number of carbonyl (C=O) groups is 1. The van der Waals surface area contributed by atoms with Crippen molar-refractivity contribution in [1.29, 1.82) is 0 Å². The minimum Gasteiger partial charge on any atom is -0.394 e. The van der Waals surface area contributed by atoms with Gasteiger partial charge in [-0.3, -0.25) is 9.48 Å². The molecule has 23 heavy (non-hydrogen) atoms. The van der Waals surface area contributed by atoms with Gasteiger partial charge in [0.15, 0.2) is 0 Å². The zero-order valence-electron chi connectivity index (χ0n) is 15.1. The summed E-state index contributed by atoms with van der Waals surface area (Å²) in [6.45, 7) is 14.7. The standard InChI is InChI=1S/C18H31N3O2/c1-7-13(4)17(11-22)19-18(23)9-8-16-14(5)20-21(15(16)6)10-12(2)3/h13,17,22H,2,7-11H2,1,3-6H3,(H,19,23)/t13-,17+/m1/s1. The second-order valence-corrected chi connectivity index (χ2v) is 6.51. The van der Waals surface area contributed by atoms with E-state index >= 15 is 0 Å². The first-order valence-corrected chi connectivity index (χ1v) is 8.37. The highest BCUT2D eigenvalue weighted by Crippen LogP contribution is 2.16. The maximum absolute atomic E-state index is 12.1. The minimum absolute atomic E-state index is 0.0178. The molecule has 0 aliphatic rings. The van der Waals surface area contributed by atoms with Crippen molar-refractivity contribution in [3.8, 4) is 0 Å². The molecule has 0 aromatic carbocycles. The minimum atomic E-state index is -0.166. The molecule has 1 aromatic rings. The summed E-state index contributed by atoms with van der Waals surface area (Å²) in [5.41, 5.74) is 4.25. The van der Waals surface area contributed by atoms with Crippen LogP contribution in [-0.2, 0) is 17.8 Å². The second kappa shape index (κ2) is 8.87. The first-order valence-electron chi connectivity index (χ1n) is 8.37. The van der Waals surface area contributed by atoms with Crippen LogP contribution in [-0.4, -0.2) is 33.4 Å². The molecule has 0 fully saturated rings. The molecule has 0 saturated carbocycles. The topological polar surface area (TPSA) is 67.2 Å². The number of amides is 1. The zero-order valence-corrected chi connectivity index (χ0v) is 15.1. The van der Waals surface area contributed by atoms with Crippen molar-refractivity contribution in [1.82, 2.24) is 15.1 Å². The number of aromatic nitrogens is 2. The zero-order chi connectivity index (χ0) is 17.6. The van der Waals surface area contributed by atoms with Crippen LogP contribution in [0, 0.1) is 19.8 Å². The van der Waals surface area contributed by atoms with Crippen molar-refractivity contribution >= 4 is 5.91 Å². The van der Waals surface area contributed by atoms with Gasteiger partial charge in [-0.05, 0) is 38.7 Å². The third-order valence-electron chi connectivity index (χ3n) is 4.43. The molecular weight excluding hydrogens is 290 g/mol. The number of rotatable bonds is 9. The molecule has 0 spiro atoms. The lowest BCUT2D eigenvalue weighted by Gasteiger charge is -2.22. The van der Waals surface area contributed by atoms with E-state index in [-0.39, 0.29) is 24.5 Å². The maximum atomic E-state index is 12.1. The van der Waals surface area contributed by atoms with Crippen molar-refractivity contribution in [2.24, 2.45) is 5.92 Å². The molecule has 130 valence electrons. The largest absolute Gasteiger partial charge is 0.394 e. The van der Waals surface area contributed by atoms with Crippen LogP contribution in [0.3, 0.4) is 0 Å². The van der Waals surface area contributed by atoms with Crippen molar-refractivity contribution in [3.63, 3.8) is 0 Å². The maximum Gasteiger partial charge on any atom is 0.220 e. The van der Waals surface area contributed by atoms with Crippen LogP contribution in [0.25, 0.3) is 0 Å². The number of nitrogens with one attached hydrogen (secondary N) is 1. The molecule has 0 saturated heterocycles. The number of aliphatic hydroxyl groups excluding tert-OH is 1. The number of carbonyl (C=O) groups excluding carboxylic acids is 1. The Bertz CT molecular complexity index is 549. The monoisotopic (exact) mass is 321 g/mol. The van der Waals surface area contributed by atoms with Gasteiger partial charge in [0, 0.05) is 12.1 Å². The number of allylic oxidation sites excluding steroid dienone is 1. The van der Waals surface area contributed by atoms with Crippen molar-refractivity contribution in [2.75, 3.05) is 6.61 Å². The average molecular weight is 321 g/mol. The molecular formula is C18H31N3O2. The summed E-state index contributed by atoms with van der Waals surface area (Å²) in [5, 5.41) is 16.9. The van der Waals surface area contributed by atoms with Crippen LogP contribution in [0.4, 0.5) is 0 Å². The summed E-state index contributed by atoms with van der Waals surface area (Å²) in [7, 11) is 0. The van der Waals surface area contributed by atoms with E-state index in [0.717, 1.165) is 28.9 Å². The lowest BCUT2D eigenvalue weighted by Crippen LogP contribution is -2.41. The van der Waals surface area contributed by atoms with Gasteiger partial charge in [0.2, 0.25) is 5.91 Å². The van der Waals surface area contributed by atoms with Crippen LogP contribution < -0.4 is 5.32 Å². The molecule has 0 aliphatic heterocycles. The molecule has 5 heteroatoms. The van der Waals surface area contributed by atoms with Gasteiger partial charge in [-0.25, -0.2) is 0 Å². The molecule has 0 unspecified atom stereocenters. The molecule has 2 atom stereocenters. The average Bonchev–Trinajstić information content (AvgIpc) is 2.75. The summed E-state index contributed by atoms with van der Waals surface area (Å²) in [4.78, 5) is 12.1. The third kappa shape index (κ3) is 5.50. The van der Waals surface area contributed by atoms with Crippen LogP contribution in [0.5, 0.6) is 0 Å².